The van der Waals surface area contributed by atoms with E-state index in [0.717, 1.165) is 9.81 Å². The first-order chi connectivity index (χ1) is 4.52. The summed E-state index contributed by atoms with van der Waals surface area (Å²) in [5, 5.41) is 0. The van der Waals surface area contributed by atoms with Crippen molar-refractivity contribution in [3.8, 4) is 0 Å². The van der Waals surface area contributed by atoms with Gasteiger partial charge < -0.3 is 0 Å². The smallest absolute Gasteiger partial charge is 0.0947 e. The van der Waals surface area contributed by atoms with Gasteiger partial charge in [0.2, 0.25) is 0 Å². The van der Waals surface area contributed by atoms with Gasteiger partial charge >= 0.3 is 0 Å². The van der Waals surface area contributed by atoms with Crippen molar-refractivity contribution in [2.24, 2.45) is 11.3 Å². The van der Waals surface area contributed by atoms with Gasteiger partial charge in [0.1, 0.15) is 0 Å². The second-order valence-corrected chi connectivity index (χ2v) is 5.53. The van der Waals surface area contributed by atoms with E-state index < -0.39 is 0 Å². The molecule has 0 aromatic carbocycles. The predicted molar refractivity (Wildman–Crippen MR) is 45.7 cm³/mol. The lowest BCUT2D eigenvalue weighted by Crippen LogP contribution is -2.36. The quantitative estimate of drug-likeness (QED) is 0.403. The third kappa shape index (κ3) is 0.817. The molecule has 1 saturated carbocycles. The van der Waals surface area contributed by atoms with E-state index >= 15 is 0 Å². The maximum atomic E-state index is 4.60. The van der Waals surface area contributed by atoms with Crippen LogP contribution in [-0.4, -0.2) is 24.0 Å². The van der Waals surface area contributed by atoms with Gasteiger partial charge in [-0.2, -0.15) is 0 Å². The summed E-state index contributed by atoms with van der Waals surface area (Å²) in [5.74, 6) is 0.981. The number of nitrogens with zero attached hydrogens (tertiary/aromatic N) is 1. The molecule has 0 aromatic rings. The van der Waals surface area contributed by atoms with Gasteiger partial charge in [-0.25, -0.2) is 0 Å². The summed E-state index contributed by atoms with van der Waals surface area (Å²) < 4.78 is 0.959. The van der Waals surface area contributed by atoms with Gasteiger partial charge in [0.15, 0.2) is 0 Å². The zero-order valence-corrected chi connectivity index (χ0v) is 7.69. The number of rotatable bonds is 0. The van der Waals surface area contributed by atoms with E-state index in [-0.39, 0.29) is 0 Å². The highest BCUT2D eigenvalue weighted by molar-refractivity contribution is 7.74. The Balaban J connectivity index is 2.17. The zero-order chi connectivity index (χ0) is 7.41. The molecule has 58 valence electrons. The van der Waals surface area contributed by atoms with E-state index in [0.29, 0.717) is 5.41 Å². The standard InChI is InChI=1S/C8H16NS/c1-8-4-3-7(8)5-9(2,10)6-8/h7,10H,3-6H2,1-2H3/q+1. The van der Waals surface area contributed by atoms with E-state index in [2.05, 4.69) is 26.8 Å². The summed E-state index contributed by atoms with van der Waals surface area (Å²) in [6.07, 6.45) is 2.89. The minimum atomic E-state index is 0.663. The summed E-state index contributed by atoms with van der Waals surface area (Å²) >= 11 is 4.60. The van der Waals surface area contributed by atoms with Crippen molar-refractivity contribution in [1.29, 1.82) is 0 Å². The molecule has 2 aliphatic rings. The Labute approximate surface area is 68.5 Å². The molecule has 0 N–H and O–H groups in total. The van der Waals surface area contributed by atoms with Gasteiger partial charge in [0.25, 0.3) is 0 Å². The number of thiol groups is 1. The van der Waals surface area contributed by atoms with Crippen LogP contribution in [0, 0.1) is 11.3 Å². The summed E-state index contributed by atoms with van der Waals surface area (Å²) in [6.45, 7) is 4.99. The van der Waals surface area contributed by atoms with Crippen LogP contribution in [0.1, 0.15) is 19.8 Å². The predicted octanol–water partition coefficient (Wildman–Crippen LogP) is 1.71. The molecule has 1 nitrogen and oxygen atoms in total. The second kappa shape index (κ2) is 1.72. The SMILES string of the molecule is CC12CCC1C[N+](C)(S)C2. The van der Waals surface area contributed by atoms with Crippen LogP contribution in [0.4, 0.5) is 0 Å². The maximum absolute atomic E-state index is 4.60. The number of likely N-dealkylation sites (tertiary alicyclic amines) is 1. The molecule has 10 heavy (non-hydrogen) atoms. The molecule has 1 saturated heterocycles. The van der Waals surface area contributed by atoms with Crippen LogP contribution in [0.3, 0.4) is 0 Å². The van der Waals surface area contributed by atoms with Gasteiger partial charge in [-0.3, -0.25) is 3.89 Å². The summed E-state index contributed by atoms with van der Waals surface area (Å²) in [6, 6.07) is 0. The highest BCUT2D eigenvalue weighted by Crippen LogP contribution is 2.53. The van der Waals surface area contributed by atoms with Crippen molar-refractivity contribution in [3.05, 3.63) is 0 Å². The van der Waals surface area contributed by atoms with E-state index in [9.17, 15) is 0 Å². The lowest BCUT2D eigenvalue weighted by Gasteiger charge is -2.37. The Kier molecular flexibility index (Phi) is 1.20. The Bertz CT molecular complexity index is 167. The second-order valence-electron chi connectivity index (χ2n) is 4.57. The van der Waals surface area contributed by atoms with Gasteiger partial charge in [-0.05, 0) is 12.8 Å². The lowest BCUT2D eigenvalue weighted by molar-refractivity contribution is -0.759. The Morgan fingerprint density at radius 1 is 1.60 bits per heavy atom. The first kappa shape index (κ1) is 6.99. The molecule has 0 spiro atoms. The molecular weight excluding hydrogens is 142 g/mol. The molecular formula is C8H16NS+. The van der Waals surface area contributed by atoms with Crippen molar-refractivity contribution in [3.63, 3.8) is 0 Å². The molecule has 2 fully saturated rings. The molecule has 0 radical (unpaired) electrons. The highest BCUT2D eigenvalue weighted by atomic mass is 32.1. The average molecular weight is 158 g/mol. The molecule has 3 unspecified atom stereocenters. The van der Waals surface area contributed by atoms with E-state index in [1.807, 2.05) is 0 Å². The van der Waals surface area contributed by atoms with Crippen molar-refractivity contribution >= 4 is 12.8 Å². The van der Waals surface area contributed by atoms with Crippen LogP contribution in [-0.2, 0) is 0 Å². The number of hydrogen-bond acceptors (Lipinski definition) is 1. The third-order valence-electron chi connectivity index (χ3n) is 3.37. The molecule has 1 heterocycles. The van der Waals surface area contributed by atoms with Crippen LogP contribution >= 0.6 is 12.8 Å². The van der Waals surface area contributed by atoms with Crippen LogP contribution in [0.2, 0.25) is 0 Å². The first-order valence-corrected chi connectivity index (χ1v) is 4.49. The van der Waals surface area contributed by atoms with Crippen LogP contribution in [0.25, 0.3) is 0 Å². The normalized spacial score (nSPS) is 59.7. The van der Waals surface area contributed by atoms with E-state index in [1.54, 1.807) is 0 Å². The number of fused-ring (bicyclic) bond motifs is 1. The van der Waals surface area contributed by atoms with E-state index in [1.165, 1.54) is 25.9 Å². The van der Waals surface area contributed by atoms with Gasteiger partial charge in [0.05, 0.1) is 33.0 Å². The minimum absolute atomic E-state index is 0.663. The molecule has 1 aliphatic heterocycles. The fourth-order valence-corrected chi connectivity index (χ4v) is 3.20. The molecule has 1 aliphatic carbocycles. The monoisotopic (exact) mass is 158 g/mol. The highest BCUT2D eigenvalue weighted by Gasteiger charge is 2.55. The Hall–Kier alpha value is 0.310. The fraction of sp³-hybridized carbons (Fsp3) is 1.00. The molecule has 0 bridgehead atoms. The van der Waals surface area contributed by atoms with Gasteiger partial charge in [0, 0.05) is 11.3 Å². The first-order valence-electron chi connectivity index (χ1n) is 4.09. The van der Waals surface area contributed by atoms with Crippen molar-refractivity contribution < 1.29 is 3.89 Å². The zero-order valence-electron chi connectivity index (χ0n) is 6.80. The summed E-state index contributed by atoms with van der Waals surface area (Å²) in [7, 11) is 2.23. The number of quaternary nitrogens is 1. The average Bonchev–Trinajstić information content (AvgIpc) is 1.91. The van der Waals surface area contributed by atoms with Crippen LogP contribution in [0.15, 0.2) is 0 Å². The molecule has 3 atom stereocenters. The minimum Gasteiger partial charge on any atom is -0.266 e. The molecule has 0 aromatic heterocycles. The fourth-order valence-electron chi connectivity index (χ4n) is 2.68. The lowest BCUT2D eigenvalue weighted by atomic mass is 9.64. The van der Waals surface area contributed by atoms with Crippen molar-refractivity contribution in [2.45, 2.75) is 19.8 Å². The van der Waals surface area contributed by atoms with Crippen molar-refractivity contribution in [2.75, 3.05) is 20.1 Å². The summed E-state index contributed by atoms with van der Waals surface area (Å²) in [5.41, 5.74) is 0.663. The maximum Gasteiger partial charge on any atom is 0.0947 e. The molecule has 0 amide bonds. The Morgan fingerprint density at radius 3 is 2.50 bits per heavy atom. The topological polar surface area (TPSA) is 0 Å². The van der Waals surface area contributed by atoms with E-state index in [4.69, 9.17) is 0 Å². The number of hydrogen-bond donors (Lipinski definition) is 1. The van der Waals surface area contributed by atoms with Gasteiger partial charge in [-0.1, -0.05) is 6.92 Å². The van der Waals surface area contributed by atoms with Crippen LogP contribution in [0.5, 0.6) is 0 Å². The van der Waals surface area contributed by atoms with Gasteiger partial charge in [-0.15, -0.1) is 0 Å². The Morgan fingerprint density at radius 2 is 2.30 bits per heavy atom. The largest absolute Gasteiger partial charge is 0.266 e. The third-order valence-corrected chi connectivity index (χ3v) is 3.67. The molecule has 2 rings (SSSR count). The van der Waals surface area contributed by atoms with Crippen molar-refractivity contribution in [1.82, 2.24) is 0 Å². The molecule has 2 heteroatoms. The summed E-state index contributed by atoms with van der Waals surface area (Å²) in [4.78, 5) is 0. The van der Waals surface area contributed by atoms with Crippen LogP contribution < -0.4 is 0 Å².